The molecule has 0 spiro atoms. The fraction of sp³-hybridized carbons (Fsp3) is 0.692. The van der Waals surface area contributed by atoms with E-state index in [1.807, 2.05) is 12.1 Å². The number of rotatable bonds is 6. The van der Waals surface area contributed by atoms with E-state index in [1.54, 1.807) is 0 Å². The summed E-state index contributed by atoms with van der Waals surface area (Å²) in [6, 6.07) is 4.66. The lowest BCUT2D eigenvalue weighted by molar-refractivity contribution is 0.208. The van der Waals surface area contributed by atoms with Gasteiger partial charge in [-0.05, 0) is 43.7 Å². The number of furan rings is 1. The molecule has 1 aromatic heterocycles. The Balaban J connectivity index is 1.60. The van der Waals surface area contributed by atoms with Crippen molar-refractivity contribution in [3.63, 3.8) is 0 Å². The summed E-state index contributed by atoms with van der Waals surface area (Å²) in [5, 5.41) is 8.95. The highest BCUT2D eigenvalue weighted by molar-refractivity contribution is 5.07. The van der Waals surface area contributed by atoms with Crippen LogP contribution in [0.4, 0.5) is 0 Å². The van der Waals surface area contributed by atoms with Gasteiger partial charge in [0.2, 0.25) is 0 Å². The smallest absolute Gasteiger partial charge is 0.129 e. The average molecular weight is 221 g/mol. The molecule has 3 heteroatoms. The molecule has 1 aromatic rings. The van der Waals surface area contributed by atoms with Crippen molar-refractivity contribution < 1.29 is 9.52 Å². The van der Waals surface area contributed by atoms with Crippen LogP contribution in [0.15, 0.2) is 16.5 Å². The summed E-state index contributed by atoms with van der Waals surface area (Å²) >= 11 is 0. The number of aliphatic hydroxyl groups excluding tert-OH is 1. The molecule has 88 valence electrons. The molecule has 0 radical (unpaired) electrons. The minimum Gasteiger partial charge on any atom is -0.462 e. The zero-order valence-electron chi connectivity index (χ0n) is 9.56. The largest absolute Gasteiger partial charge is 0.462 e. The van der Waals surface area contributed by atoms with E-state index in [1.165, 1.54) is 32.2 Å². The van der Waals surface area contributed by atoms with Crippen LogP contribution in [-0.2, 0) is 13.2 Å². The number of nitrogens with zero attached hydrogens (tertiary/aromatic N) is 1. The third kappa shape index (κ3) is 2.47. The minimum atomic E-state index is 0.00601. The monoisotopic (exact) mass is 221 g/mol. The Morgan fingerprint density at radius 3 is 2.50 bits per heavy atom. The maximum Gasteiger partial charge on any atom is 0.129 e. The molecular formula is C13H19NO2. The third-order valence-corrected chi connectivity index (χ3v) is 3.48. The molecule has 2 aliphatic rings. The van der Waals surface area contributed by atoms with E-state index in [9.17, 15) is 0 Å². The molecule has 0 unspecified atom stereocenters. The summed E-state index contributed by atoms with van der Waals surface area (Å²) in [6.07, 6.45) is 5.51. The van der Waals surface area contributed by atoms with Crippen molar-refractivity contribution in [2.75, 3.05) is 6.54 Å². The predicted octanol–water partition coefficient (Wildman–Crippen LogP) is 2.15. The van der Waals surface area contributed by atoms with E-state index < -0.39 is 0 Å². The molecule has 3 nitrogen and oxygen atoms in total. The van der Waals surface area contributed by atoms with Gasteiger partial charge >= 0.3 is 0 Å². The van der Waals surface area contributed by atoms with Crippen molar-refractivity contribution in [2.45, 2.75) is 44.9 Å². The first-order valence-corrected chi connectivity index (χ1v) is 6.27. The van der Waals surface area contributed by atoms with Crippen LogP contribution in [0.3, 0.4) is 0 Å². The molecule has 1 N–H and O–H groups in total. The molecule has 1 heterocycles. The lowest BCUT2D eigenvalue weighted by Gasteiger charge is -2.20. The topological polar surface area (TPSA) is 36.6 Å². The summed E-state index contributed by atoms with van der Waals surface area (Å²) in [4.78, 5) is 2.55. The molecule has 0 bridgehead atoms. The Morgan fingerprint density at radius 2 is 1.94 bits per heavy atom. The van der Waals surface area contributed by atoms with Crippen molar-refractivity contribution in [1.82, 2.24) is 4.90 Å². The van der Waals surface area contributed by atoms with Crippen LogP contribution in [0.25, 0.3) is 0 Å². The van der Waals surface area contributed by atoms with E-state index in [0.717, 1.165) is 24.3 Å². The van der Waals surface area contributed by atoms with Gasteiger partial charge in [-0.2, -0.15) is 0 Å². The van der Waals surface area contributed by atoms with Crippen molar-refractivity contribution in [1.29, 1.82) is 0 Å². The van der Waals surface area contributed by atoms with E-state index in [0.29, 0.717) is 5.76 Å². The fourth-order valence-electron chi connectivity index (χ4n) is 2.21. The molecule has 0 amide bonds. The summed E-state index contributed by atoms with van der Waals surface area (Å²) in [5.74, 6) is 2.61. The van der Waals surface area contributed by atoms with Gasteiger partial charge in [-0.1, -0.05) is 0 Å². The maximum atomic E-state index is 8.95. The molecule has 2 fully saturated rings. The fourth-order valence-corrected chi connectivity index (χ4v) is 2.21. The van der Waals surface area contributed by atoms with Gasteiger partial charge in [0.25, 0.3) is 0 Å². The molecule has 2 saturated carbocycles. The Bertz CT molecular complexity index is 353. The predicted molar refractivity (Wildman–Crippen MR) is 60.8 cm³/mol. The van der Waals surface area contributed by atoms with Crippen LogP contribution in [0.1, 0.15) is 37.2 Å². The zero-order valence-corrected chi connectivity index (χ0v) is 9.56. The Morgan fingerprint density at radius 1 is 1.19 bits per heavy atom. The molecular weight excluding hydrogens is 202 g/mol. The van der Waals surface area contributed by atoms with E-state index in [4.69, 9.17) is 9.52 Å². The van der Waals surface area contributed by atoms with Crippen molar-refractivity contribution >= 4 is 0 Å². The quantitative estimate of drug-likeness (QED) is 0.799. The minimum absolute atomic E-state index is 0.00601. The van der Waals surface area contributed by atoms with Gasteiger partial charge in [-0.15, -0.1) is 0 Å². The van der Waals surface area contributed by atoms with Gasteiger partial charge in [-0.3, -0.25) is 4.90 Å². The number of hydrogen-bond donors (Lipinski definition) is 1. The van der Waals surface area contributed by atoms with Crippen LogP contribution < -0.4 is 0 Å². The standard InChI is InChI=1S/C13H19NO2/c15-9-13-6-5-12(16-13)8-14(11-3-4-11)7-10-1-2-10/h5-6,10-11,15H,1-4,7-9H2. The van der Waals surface area contributed by atoms with Crippen LogP contribution in [0.2, 0.25) is 0 Å². The Kier molecular flexibility index (Phi) is 2.74. The van der Waals surface area contributed by atoms with E-state index in [-0.39, 0.29) is 6.61 Å². The number of aliphatic hydroxyl groups is 1. The number of hydrogen-bond acceptors (Lipinski definition) is 3. The summed E-state index contributed by atoms with van der Waals surface area (Å²) < 4.78 is 5.55. The molecule has 0 aliphatic heterocycles. The second kappa shape index (κ2) is 4.22. The highest BCUT2D eigenvalue weighted by atomic mass is 16.4. The van der Waals surface area contributed by atoms with E-state index >= 15 is 0 Å². The van der Waals surface area contributed by atoms with Gasteiger partial charge in [0.15, 0.2) is 0 Å². The summed E-state index contributed by atoms with van der Waals surface area (Å²) in [5.41, 5.74) is 0. The molecule has 3 rings (SSSR count). The van der Waals surface area contributed by atoms with Crippen molar-refractivity contribution in [3.8, 4) is 0 Å². The van der Waals surface area contributed by atoms with Crippen LogP contribution in [-0.4, -0.2) is 22.6 Å². The first-order chi connectivity index (χ1) is 7.85. The second-order valence-corrected chi connectivity index (χ2v) is 5.13. The Labute approximate surface area is 96.1 Å². The molecule has 0 atom stereocenters. The van der Waals surface area contributed by atoms with Crippen LogP contribution in [0, 0.1) is 5.92 Å². The zero-order chi connectivity index (χ0) is 11.0. The van der Waals surface area contributed by atoms with Crippen LogP contribution >= 0.6 is 0 Å². The highest BCUT2D eigenvalue weighted by Gasteiger charge is 2.33. The van der Waals surface area contributed by atoms with Crippen molar-refractivity contribution in [2.24, 2.45) is 5.92 Å². The summed E-state index contributed by atoms with van der Waals surface area (Å²) in [7, 11) is 0. The Hall–Kier alpha value is -0.800. The van der Waals surface area contributed by atoms with Gasteiger partial charge in [0, 0.05) is 12.6 Å². The molecule has 16 heavy (non-hydrogen) atoms. The lowest BCUT2D eigenvalue weighted by atomic mass is 10.3. The summed E-state index contributed by atoms with van der Waals surface area (Å²) in [6.45, 7) is 2.16. The normalized spacial score (nSPS) is 20.6. The first-order valence-electron chi connectivity index (χ1n) is 6.27. The van der Waals surface area contributed by atoms with Gasteiger partial charge < -0.3 is 9.52 Å². The second-order valence-electron chi connectivity index (χ2n) is 5.13. The van der Waals surface area contributed by atoms with Crippen LogP contribution in [0.5, 0.6) is 0 Å². The third-order valence-electron chi connectivity index (χ3n) is 3.48. The van der Waals surface area contributed by atoms with Gasteiger partial charge in [-0.25, -0.2) is 0 Å². The molecule has 0 aromatic carbocycles. The van der Waals surface area contributed by atoms with E-state index in [2.05, 4.69) is 4.90 Å². The molecule has 0 saturated heterocycles. The highest BCUT2D eigenvalue weighted by Crippen LogP contribution is 2.35. The lowest BCUT2D eigenvalue weighted by Crippen LogP contribution is -2.27. The van der Waals surface area contributed by atoms with Gasteiger partial charge in [0.1, 0.15) is 18.1 Å². The van der Waals surface area contributed by atoms with Crippen molar-refractivity contribution in [3.05, 3.63) is 23.7 Å². The maximum absolute atomic E-state index is 8.95. The average Bonchev–Trinajstić information content (AvgIpc) is 3.17. The first kappa shape index (κ1) is 10.4. The molecule has 2 aliphatic carbocycles. The van der Waals surface area contributed by atoms with Gasteiger partial charge in [0.05, 0.1) is 6.54 Å². The SMILES string of the molecule is OCc1ccc(CN(CC2CC2)C2CC2)o1.